The number of amides is 1. The van der Waals surface area contributed by atoms with E-state index in [0.29, 0.717) is 5.75 Å². The number of hydroxylamine groups is 1. The number of hydrogen-bond donors (Lipinski definition) is 3. The van der Waals surface area contributed by atoms with E-state index in [9.17, 15) is 13.6 Å². The SMILES string of the molecule is COc1ccc(COC(=O)N[C@@H]2C(NOCCO)=NC[C@H]2c2c(F)cc(Cl)cc2F)cc1. The first-order valence-electron chi connectivity index (χ1n) is 9.66. The molecule has 1 aliphatic rings. The molecule has 0 radical (unpaired) electrons. The molecule has 1 amide bonds. The number of benzene rings is 2. The molecule has 2 atom stereocenters. The average molecular weight is 470 g/mol. The van der Waals surface area contributed by atoms with E-state index in [0.717, 1.165) is 17.7 Å². The normalized spacial score (nSPS) is 17.6. The van der Waals surface area contributed by atoms with Gasteiger partial charge in [-0.15, -0.1) is 0 Å². The fraction of sp³-hybridized carbons (Fsp3) is 0.333. The van der Waals surface area contributed by atoms with Crippen molar-refractivity contribution in [3.63, 3.8) is 0 Å². The molecular formula is C21H22ClF2N3O5. The molecule has 172 valence electrons. The monoisotopic (exact) mass is 469 g/mol. The lowest BCUT2D eigenvalue weighted by molar-refractivity contribution is 0.0513. The number of methoxy groups -OCH3 is 1. The van der Waals surface area contributed by atoms with Crippen LogP contribution in [0.5, 0.6) is 5.75 Å². The Kier molecular flexibility index (Phi) is 8.20. The number of aliphatic hydroxyl groups is 1. The minimum Gasteiger partial charge on any atom is -0.497 e. The van der Waals surface area contributed by atoms with Gasteiger partial charge in [-0.3, -0.25) is 15.3 Å². The summed E-state index contributed by atoms with van der Waals surface area (Å²) in [5, 5.41) is 11.4. The van der Waals surface area contributed by atoms with Gasteiger partial charge in [0.1, 0.15) is 35.9 Å². The molecule has 3 rings (SSSR count). The van der Waals surface area contributed by atoms with E-state index in [-0.39, 0.29) is 42.8 Å². The third kappa shape index (κ3) is 5.84. The van der Waals surface area contributed by atoms with Crippen LogP contribution < -0.4 is 15.5 Å². The summed E-state index contributed by atoms with van der Waals surface area (Å²) < 4.78 is 39.4. The van der Waals surface area contributed by atoms with Crippen molar-refractivity contribution in [3.8, 4) is 5.75 Å². The van der Waals surface area contributed by atoms with Gasteiger partial charge in [0.2, 0.25) is 0 Å². The first-order valence-corrected chi connectivity index (χ1v) is 10.0. The average Bonchev–Trinajstić information content (AvgIpc) is 3.14. The number of nitrogens with zero attached hydrogens (tertiary/aromatic N) is 1. The Bertz CT molecular complexity index is 951. The van der Waals surface area contributed by atoms with Crippen LogP contribution in [0.25, 0.3) is 0 Å². The van der Waals surface area contributed by atoms with Gasteiger partial charge in [0.15, 0.2) is 0 Å². The van der Waals surface area contributed by atoms with E-state index < -0.39 is 29.7 Å². The van der Waals surface area contributed by atoms with E-state index in [4.69, 9.17) is 31.0 Å². The van der Waals surface area contributed by atoms with E-state index >= 15 is 0 Å². The first kappa shape index (κ1) is 23.7. The molecule has 0 unspecified atom stereocenters. The summed E-state index contributed by atoms with van der Waals surface area (Å²) in [6.45, 7) is -0.365. The molecule has 1 heterocycles. The topological polar surface area (TPSA) is 101 Å². The maximum Gasteiger partial charge on any atom is 0.408 e. The van der Waals surface area contributed by atoms with Crippen molar-refractivity contribution in [1.82, 2.24) is 10.8 Å². The molecule has 0 bridgehead atoms. The molecule has 32 heavy (non-hydrogen) atoms. The fourth-order valence-electron chi connectivity index (χ4n) is 3.23. The summed E-state index contributed by atoms with van der Waals surface area (Å²) in [5.41, 5.74) is 2.96. The summed E-state index contributed by atoms with van der Waals surface area (Å²) in [6, 6.07) is 7.94. The predicted molar refractivity (Wildman–Crippen MR) is 113 cm³/mol. The maximum absolute atomic E-state index is 14.5. The highest BCUT2D eigenvalue weighted by Crippen LogP contribution is 2.32. The van der Waals surface area contributed by atoms with Gasteiger partial charge in [-0.2, -0.15) is 0 Å². The van der Waals surface area contributed by atoms with E-state index in [1.807, 2.05) is 0 Å². The number of amidine groups is 1. The number of aliphatic hydroxyl groups excluding tert-OH is 1. The first-order chi connectivity index (χ1) is 15.4. The Hall–Kier alpha value is -2.95. The van der Waals surface area contributed by atoms with Crippen molar-refractivity contribution < 1.29 is 33.0 Å². The predicted octanol–water partition coefficient (Wildman–Crippen LogP) is 2.93. The summed E-state index contributed by atoms with van der Waals surface area (Å²) in [4.78, 5) is 21.7. The molecule has 2 aromatic carbocycles. The van der Waals surface area contributed by atoms with Gasteiger partial charge in [0.25, 0.3) is 0 Å². The van der Waals surface area contributed by atoms with Crippen molar-refractivity contribution in [2.75, 3.05) is 26.9 Å². The number of aliphatic imine (C=N–C) groups is 1. The molecule has 0 saturated carbocycles. The fourth-order valence-corrected chi connectivity index (χ4v) is 3.42. The summed E-state index contributed by atoms with van der Waals surface area (Å²) in [6.07, 6.45) is -0.816. The Morgan fingerprint density at radius 1 is 1.25 bits per heavy atom. The molecule has 8 nitrogen and oxygen atoms in total. The van der Waals surface area contributed by atoms with Crippen LogP contribution in [0.3, 0.4) is 0 Å². The number of rotatable bonds is 8. The smallest absolute Gasteiger partial charge is 0.408 e. The molecule has 0 fully saturated rings. The van der Waals surface area contributed by atoms with Gasteiger partial charge in [0, 0.05) is 16.5 Å². The Labute approximate surface area is 188 Å². The summed E-state index contributed by atoms with van der Waals surface area (Å²) >= 11 is 5.72. The molecule has 0 saturated heterocycles. The van der Waals surface area contributed by atoms with Crippen LogP contribution in [0.4, 0.5) is 13.6 Å². The maximum atomic E-state index is 14.5. The Morgan fingerprint density at radius 3 is 2.56 bits per heavy atom. The molecule has 0 spiro atoms. The highest BCUT2D eigenvalue weighted by atomic mass is 35.5. The van der Waals surface area contributed by atoms with Crippen molar-refractivity contribution in [2.24, 2.45) is 4.99 Å². The highest BCUT2D eigenvalue weighted by Gasteiger charge is 2.38. The molecule has 1 aliphatic heterocycles. The number of alkyl carbamates (subject to hydrolysis) is 1. The zero-order valence-corrected chi connectivity index (χ0v) is 17.9. The third-order valence-electron chi connectivity index (χ3n) is 4.74. The quantitative estimate of drug-likeness (QED) is 0.406. The lowest BCUT2D eigenvalue weighted by Gasteiger charge is -2.23. The van der Waals surface area contributed by atoms with Crippen LogP contribution >= 0.6 is 11.6 Å². The number of halogens is 3. The zero-order valence-electron chi connectivity index (χ0n) is 17.1. The van der Waals surface area contributed by atoms with Gasteiger partial charge in [-0.1, -0.05) is 23.7 Å². The minimum atomic E-state index is -0.970. The van der Waals surface area contributed by atoms with Crippen molar-refractivity contribution in [3.05, 3.63) is 64.2 Å². The molecule has 0 aliphatic carbocycles. The molecular weight excluding hydrogens is 448 g/mol. The van der Waals surface area contributed by atoms with Gasteiger partial charge in [-0.05, 0) is 29.8 Å². The van der Waals surface area contributed by atoms with Crippen LogP contribution in [0.1, 0.15) is 17.0 Å². The lowest BCUT2D eigenvalue weighted by Crippen LogP contribution is -2.48. The van der Waals surface area contributed by atoms with Crippen LogP contribution in [0.15, 0.2) is 41.4 Å². The zero-order chi connectivity index (χ0) is 23.1. The third-order valence-corrected chi connectivity index (χ3v) is 4.96. The van der Waals surface area contributed by atoms with Crippen LogP contribution in [-0.2, 0) is 16.2 Å². The van der Waals surface area contributed by atoms with Gasteiger partial charge in [0.05, 0.1) is 26.9 Å². The van der Waals surface area contributed by atoms with Crippen molar-refractivity contribution in [2.45, 2.75) is 18.6 Å². The van der Waals surface area contributed by atoms with E-state index in [1.54, 1.807) is 31.4 Å². The number of ether oxygens (including phenoxy) is 2. The second kappa shape index (κ2) is 11.1. The number of nitrogens with one attached hydrogen (secondary N) is 2. The van der Waals surface area contributed by atoms with Crippen LogP contribution in [0.2, 0.25) is 5.02 Å². The number of carbonyl (C=O) groups excluding carboxylic acids is 1. The second-order valence-electron chi connectivity index (χ2n) is 6.84. The van der Waals surface area contributed by atoms with E-state index in [2.05, 4.69) is 15.8 Å². The lowest BCUT2D eigenvalue weighted by atomic mass is 9.92. The summed E-state index contributed by atoms with van der Waals surface area (Å²) in [7, 11) is 1.54. The van der Waals surface area contributed by atoms with Crippen LogP contribution in [0, 0.1) is 11.6 Å². The Morgan fingerprint density at radius 2 is 1.94 bits per heavy atom. The van der Waals surface area contributed by atoms with E-state index in [1.165, 1.54) is 0 Å². The largest absolute Gasteiger partial charge is 0.497 e. The highest BCUT2D eigenvalue weighted by molar-refractivity contribution is 6.30. The van der Waals surface area contributed by atoms with Crippen molar-refractivity contribution in [1.29, 1.82) is 0 Å². The molecule has 0 aromatic heterocycles. The second-order valence-corrected chi connectivity index (χ2v) is 7.27. The molecule has 3 N–H and O–H groups in total. The molecule has 2 aromatic rings. The number of hydrogen-bond acceptors (Lipinski definition) is 7. The minimum absolute atomic E-state index is 0.0241. The van der Waals surface area contributed by atoms with Gasteiger partial charge < -0.3 is 19.9 Å². The Balaban J connectivity index is 1.72. The van der Waals surface area contributed by atoms with Crippen molar-refractivity contribution >= 4 is 23.5 Å². The summed E-state index contributed by atoms with van der Waals surface area (Å²) in [5.74, 6) is -1.79. The van der Waals surface area contributed by atoms with Gasteiger partial charge in [-0.25, -0.2) is 13.6 Å². The molecule has 11 heteroatoms. The number of carbonyl (C=O) groups is 1. The van der Waals surface area contributed by atoms with Gasteiger partial charge >= 0.3 is 6.09 Å². The van der Waals surface area contributed by atoms with Crippen LogP contribution in [-0.4, -0.2) is 49.9 Å². The standard InChI is InChI=1S/C21H22ClF2N3O5/c1-30-14-4-2-12(3-5-14)11-31-21(29)26-19-15(10-25-20(19)27-32-7-6-28)18-16(23)8-13(22)9-17(18)24/h2-5,8-9,15,19,28H,6-7,10-11H2,1H3,(H,25,27)(H,26,29)/t15-,19-/m0/s1.